The van der Waals surface area contributed by atoms with Crippen LogP contribution in [0.3, 0.4) is 0 Å². The summed E-state index contributed by atoms with van der Waals surface area (Å²) in [6.07, 6.45) is 16.9. The number of phosphoric acid groups is 1. The Hall–Kier alpha value is -1.74. The first-order valence-corrected chi connectivity index (χ1v) is 20.6. The van der Waals surface area contributed by atoms with Gasteiger partial charge in [-0.05, 0) is 64.7 Å². The largest absolute Gasteiger partial charge is 0.472 e. The Labute approximate surface area is 310 Å². The maximum Gasteiger partial charge on any atom is 0.472 e. The predicted octanol–water partition coefficient (Wildman–Crippen LogP) is 4.41. The summed E-state index contributed by atoms with van der Waals surface area (Å²) in [7, 11) is -5.14. The lowest BCUT2D eigenvalue weighted by molar-refractivity contribution is -0.220. The molecule has 13 nitrogen and oxygen atoms in total. The lowest BCUT2D eigenvalue weighted by Crippen LogP contribution is -2.64. The second kappa shape index (κ2) is 28.7. The van der Waals surface area contributed by atoms with Crippen molar-refractivity contribution in [2.45, 2.75) is 178 Å². The summed E-state index contributed by atoms with van der Waals surface area (Å²) in [5.74, 6) is -0.619. The molecule has 1 aliphatic carbocycles. The zero-order valence-corrected chi connectivity index (χ0v) is 32.1. The molecule has 302 valence electrons. The number of hydrogen-bond acceptors (Lipinski definition) is 11. The molecular weight excluding hydrogens is 693 g/mol. The van der Waals surface area contributed by atoms with Gasteiger partial charge in [0.05, 0.1) is 31.3 Å². The van der Waals surface area contributed by atoms with E-state index in [0.717, 1.165) is 57.8 Å². The number of carbonyl (C=O) groups is 1. The van der Waals surface area contributed by atoms with E-state index in [-0.39, 0.29) is 6.42 Å². The molecule has 1 rings (SSSR count). The van der Waals surface area contributed by atoms with Gasteiger partial charge in [-0.3, -0.25) is 13.8 Å². The molecular formula is C38H68NO12P. The molecule has 0 aliphatic heterocycles. The van der Waals surface area contributed by atoms with Gasteiger partial charge in [-0.2, -0.15) is 0 Å². The van der Waals surface area contributed by atoms with Crippen LogP contribution >= 0.6 is 7.82 Å². The lowest BCUT2D eigenvalue weighted by Gasteiger charge is -2.41. The van der Waals surface area contributed by atoms with Crippen LogP contribution in [0.1, 0.15) is 123 Å². The molecule has 0 heterocycles. The molecule has 1 aliphatic rings. The molecule has 8 unspecified atom stereocenters. The molecule has 0 spiro atoms. The van der Waals surface area contributed by atoms with E-state index in [9.17, 15) is 50.0 Å². The standard InChI is InChI=1S/C38H68NO12P/c1-3-5-7-9-11-13-14-15-16-18-19-21-23-25-29(40)27-32(42)39-30(31(41)26-24-22-20-17-12-10-8-6-4-2)28-50-52(48,49)51-38-36(46)34(44)33(43)35(45)37(38)47/h4,6,12-14,17,24,26,29-31,33-38,40-41,43-47H,3,5,7-11,15-16,18-23,25,27-28H2,1-2H3,(H,39,42)(H,48,49)/b6-4+,14-13-,17-12+,26-24+. The van der Waals surface area contributed by atoms with Gasteiger partial charge in [-0.25, -0.2) is 4.57 Å². The van der Waals surface area contributed by atoms with Crippen LogP contribution in [0.4, 0.5) is 0 Å². The monoisotopic (exact) mass is 761 g/mol. The van der Waals surface area contributed by atoms with Crippen molar-refractivity contribution < 1.29 is 59.0 Å². The molecule has 0 radical (unpaired) electrons. The van der Waals surface area contributed by atoms with Crippen LogP contribution in [0.5, 0.6) is 0 Å². The van der Waals surface area contributed by atoms with Crippen molar-refractivity contribution in [3.05, 3.63) is 48.6 Å². The van der Waals surface area contributed by atoms with E-state index in [1.165, 1.54) is 31.8 Å². The van der Waals surface area contributed by atoms with E-state index < -0.39 is 75.2 Å². The zero-order valence-electron chi connectivity index (χ0n) is 31.2. The Morgan fingerprint density at radius 2 is 1.21 bits per heavy atom. The molecule has 9 N–H and O–H groups in total. The third-order valence-corrected chi connectivity index (χ3v) is 9.94. The van der Waals surface area contributed by atoms with Crippen molar-refractivity contribution in [3.8, 4) is 0 Å². The molecule has 0 aromatic carbocycles. The first-order valence-electron chi connectivity index (χ1n) is 19.1. The number of carbonyl (C=O) groups excluding carboxylic acids is 1. The predicted molar refractivity (Wildman–Crippen MR) is 201 cm³/mol. The van der Waals surface area contributed by atoms with Crippen LogP contribution in [-0.4, -0.2) is 108 Å². The minimum atomic E-state index is -5.14. The van der Waals surface area contributed by atoms with Crippen LogP contribution in [-0.2, 0) is 18.4 Å². The molecule has 1 amide bonds. The molecule has 52 heavy (non-hydrogen) atoms. The van der Waals surface area contributed by atoms with E-state index >= 15 is 0 Å². The van der Waals surface area contributed by atoms with E-state index in [2.05, 4.69) is 36.5 Å². The van der Waals surface area contributed by atoms with Crippen LogP contribution in [0, 0.1) is 0 Å². The van der Waals surface area contributed by atoms with E-state index in [1.54, 1.807) is 6.08 Å². The number of hydrogen-bond donors (Lipinski definition) is 9. The van der Waals surface area contributed by atoms with Crippen molar-refractivity contribution in [3.63, 3.8) is 0 Å². The second-order valence-corrected chi connectivity index (χ2v) is 15.0. The highest BCUT2D eigenvalue weighted by Gasteiger charge is 2.51. The summed E-state index contributed by atoms with van der Waals surface area (Å²) in [6.45, 7) is 3.41. The summed E-state index contributed by atoms with van der Waals surface area (Å²) < 4.78 is 22.6. The maximum atomic E-state index is 12.9. The number of aliphatic hydroxyl groups is 7. The van der Waals surface area contributed by atoms with Crippen LogP contribution < -0.4 is 5.32 Å². The number of allylic oxidation sites excluding steroid dienone is 7. The Balaban J connectivity index is 2.66. The fourth-order valence-corrected chi connectivity index (χ4v) is 6.71. The number of amides is 1. The highest BCUT2D eigenvalue weighted by molar-refractivity contribution is 7.47. The first kappa shape index (κ1) is 48.3. The van der Waals surface area contributed by atoms with Crippen molar-refractivity contribution in [2.24, 2.45) is 0 Å². The molecule has 1 saturated carbocycles. The topological polar surface area (TPSA) is 226 Å². The van der Waals surface area contributed by atoms with Crippen LogP contribution in [0.15, 0.2) is 48.6 Å². The van der Waals surface area contributed by atoms with E-state index in [1.807, 2.05) is 19.1 Å². The number of rotatable bonds is 29. The van der Waals surface area contributed by atoms with Crippen LogP contribution in [0.25, 0.3) is 0 Å². The Kier molecular flexibility index (Phi) is 26.6. The van der Waals surface area contributed by atoms with Crippen molar-refractivity contribution in [2.75, 3.05) is 6.61 Å². The highest BCUT2D eigenvalue weighted by atomic mass is 31.2. The molecule has 0 aromatic heterocycles. The number of aliphatic hydroxyl groups excluding tert-OH is 7. The van der Waals surface area contributed by atoms with E-state index in [0.29, 0.717) is 19.3 Å². The van der Waals surface area contributed by atoms with E-state index in [4.69, 9.17) is 9.05 Å². The quantitative estimate of drug-likeness (QED) is 0.0294. The van der Waals surface area contributed by atoms with Crippen molar-refractivity contribution in [1.29, 1.82) is 0 Å². The van der Waals surface area contributed by atoms with Crippen molar-refractivity contribution in [1.82, 2.24) is 5.32 Å². The van der Waals surface area contributed by atoms with Crippen LogP contribution in [0.2, 0.25) is 0 Å². The molecule has 8 atom stereocenters. The third-order valence-electron chi connectivity index (χ3n) is 8.96. The molecule has 0 aromatic rings. The SMILES string of the molecule is C/C=C/CC/C=C/CC/C=C/C(O)C(COP(=O)(O)OC1C(O)C(O)C(O)C(O)C1O)NC(=O)CC(O)CCCCCCC/C=C\CCCCCC. The fourth-order valence-electron chi connectivity index (χ4n) is 5.74. The minimum Gasteiger partial charge on any atom is -0.393 e. The van der Waals surface area contributed by atoms with Gasteiger partial charge in [-0.15, -0.1) is 0 Å². The lowest BCUT2D eigenvalue weighted by atomic mass is 9.85. The number of nitrogens with one attached hydrogen (secondary N) is 1. The summed E-state index contributed by atoms with van der Waals surface area (Å²) in [5, 5.41) is 73.9. The fraction of sp³-hybridized carbons (Fsp3) is 0.763. The Bertz CT molecular complexity index is 1090. The second-order valence-electron chi connectivity index (χ2n) is 13.6. The van der Waals surface area contributed by atoms with Gasteiger partial charge in [0, 0.05) is 0 Å². The molecule has 14 heteroatoms. The molecule has 0 bridgehead atoms. The number of phosphoric ester groups is 1. The average molecular weight is 762 g/mol. The Morgan fingerprint density at radius 1 is 0.712 bits per heavy atom. The number of unbranched alkanes of at least 4 members (excludes halogenated alkanes) is 11. The highest BCUT2D eigenvalue weighted by Crippen LogP contribution is 2.47. The van der Waals surface area contributed by atoms with Gasteiger partial charge in [0.25, 0.3) is 0 Å². The van der Waals surface area contributed by atoms with Gasteiger partial charge in [0.2, 0.25) is 5.91 Å². The maximum absolute atomic E-state index is 12.9. The van der Waals surface area contributed by atoms with Crippen molar-refractivity contribution >= 4 is 13.7 Å². The molecule has 1 fully saturated rings. The van der Waals surface area contributed by atoms with Gasteiger partial charge < -0.3 is 46.0 Å². The van der Waals surface area contributed by atoms with Gasteiger partial charge in [0.15, 0.2) is 0 Å². The molecule has 0 saturated heterocycles. The zero-order chi connectivity index (χ0) is 38.8. The van der Waals surface area contributed by atoms with Gasteiger partial charge >= 0.3 is 7.82 Å². The normalized spacial score (nSPS) is 25.7. The minimum absolute atomic E-state index is 0.264. The van der Waals surface area contributed by atoms with Gasteiger partial charge in [-0.1, -0.05) is 100 Å². The summed E-state index contributed by atoms with van der Waals surface area (Å²) >= 11 is 0. The summed E-state index contributed by atoms with van der Waals surface area (Å²) in [5.41, 5.74) is 0. The Morgan fingerprint density at radius 3 is 1.81 bits per heavy atom. The smallest absolute Gasteiger partial charge is 0.393 e. The van der Waals surface area contributed by atoms with Gasteiger partial charge in [0.1, 0.15) is 36.6 Å². The average Bonchev–Trinajstić information content (AvgIpc) is 3.11. The third kappa shape index (κ3) is 21.2. The first-order chi connectivity index (χ1) is 24.8. The summed E-state index contributed by atoms with van der Waals surface area (Å²) in [4.78, 5) is 23.2. The summed E-state index contributed by atoms with van der Waals surface area (Å²) in [6, 6.07) is -1.26.